The molecule has 1 atom stereocenters. The second-order valence-corrected chi connectivity index (χ2v) is 9.80. The smallest absolute Gasteiger partial charge is 0.211 e. The van der Waals surface area contributed by atoms with Crippen molar-refractivity contribution >= 4 is 31.8 Å². The van der Waals surface area contributed by atoms with Crippen LogP contribution in [0.1, 0.15) is 19.8 Å². The number of aliphatic hydroxyl groups is 1. The van der Waals surface area contributed by atoms with Crippen molar-refractivity contribution in [3.05, 3.63) is 48.5 Å². The first-order valence-electron chi connectivity index (χ1n) is 9.45. The lowest BCUT2D eigenvalue weighted by atomic mass is 9.82. The van der Waals surface area contributed by atoms with Gasteiger partial charge < -0.3 is 9.67 Å². The van der Waals surface area contributed by atoms with Crippen LogP contribution in [0.3, 0.4) is 0 Å². The molecule has 0 spiro atoms. The van der Waals surface area contributed by atoms with E-state index in [-0.39, 0.29) is 12.6 Å². The molecule has 4 rings (SSSR count). The van der Waals surface area contributed by atoms with Crippen molar-refractivity contribution in [3.8, 4) is 0 Å². The molecule has 144 valence electrons. The molecule has 6 heteroatoms. The number of hydrogen-bond donors (Lipinski definition) is 1. The van der Waals surface area contributed by atoms with Crippen molar-refractivity contribution in [2.45, 2.75) is 38.5 Å². The molecule has 2 aromatic carbocycles. The van der Waals surface area contributed by atoms with Gasteiger partial charge in [-0.1, -0.05) is 43.3 Å². The lowest BCUT2D eigenvalue weighted by Gasteiger charge is -2.40. The highest BCUT2D eigenvalue weighted by atomic mass is 32.2. The molecule has 0 amide bonds. The fraction of sp³-hybridized carbons (Fsp3) is 0.429. The van der Waals surface area contributed by atoms with Crippen molar-refractivity contribution < 1.29 is 13.5 Å². The summed E-state index contributed by atoms with van der Waals surface area (Å²) in [5.74, 6) is 0.550. The molecule has 0 aliphatic heterocycles. The van der Waals surface area contributed by atoms with Gasteiger partial charge in [0.25, 0.3) is 0 Å². The first-order chi connectivity index (χ1) is 12.8. The van der Waals surface area contributed by atoms with Gasteiger partial charge in [-0.3, -0.25) is 0 Å². The zero-order chi connectivity index (χ0) is 19.2. The first-order valence-corrected chi connectivity index (χ1v) is 11.3. The monoisotopic (exact) mass is 386 g/mol. The Morgan fingerprint density at radius 3 is 2.07 bits per heavy atom. The normalized spacial score (nSPS) is 21.6. The second kappa shape index (κ2) is 6.93. The minimum absolute atomic E-state index is 0.0165. The van der Waals surface area contributed by atoms with E-state index in [1.165, 1.54) is 10.6 Å². The standard InChI is InChI=1S/C21H26N2O3S/c1-15-11-16(12-15)23(27(2,25)26)14-17(24)13-22-20-9-5-3-7-18(20)19-8-4-6-10-21(19)22/h3-10,15-17,24H,11-14H2,1-2H3. The van der Waals surface area contributed by atoms with Crippen LogP contribution in [0.4, 0.5) is 0 Å². The molecule has 1 heterocycles. The highest BCUT2D eigenvalue weighted by Gasteiger charge is 2.36. The van der Waals surface area contributed by atoms with Crippen LogP contribution in [0.5, 0.6) is 0 Å². The number of aromatic nitrogens is 1. The average molecular weight is 387 g/mol. The first kappa shape index (κ1) is 18.5. The van der Waals surface area contributed by atoms with Crippen LogP contribution >= 0.6 is 0 Å². The van der Waals surface area contributed by atoms with Crippen LogP contribution in [-0.2, 0) is 16.6 Å². The van der Waals surface area contributed by atoms with Gasteiger partial charge in [-0.05, 0) is 30.9 Å². The lowest BCUT2D eigenvalue weighted by Crippen LogP contribution is -2.50. The molecule has 1 fully saturated rings. The van der Waals surface area contributed by atoms with Crippen LogP contribution in [0.25, 0.3) is 21.8 Å². The highest BCUT2D eigenvalue weighted by Crippen LogP contribution is 2.33. The van der Waals surface area contributed by atoms with E-state index in [4.69, 9.17) is 0 Å². The Kier molecular flexibility index (Phi) is 4.74. The minimum atomic E-state index is -3.34. The molecule has 1 saturated carbocycles. The Bertz CT molecular complexity index is 1010. The van der Waals surface area contributed by atoms with Gasteiger partial charge in [0, 0.05) is 34.4 Å². The van der Waals surface area contributed by atoms with Crippen LogP contribution in [0, 0.1) is 5.92 Å². The second-order valence-electron chi connectivity index (χ2n) is 7.86. The van der Waals surface area contributed by atoms with Gasteiger partial charge in [-0.25, -0.2) is 8.42 Å². The van der Waals surface area contributed by atoms with E-state index in [0.29, 0.717) is 12.5 Å². The molecular weight excluding hydrogens is 360 g/mol. The van der Waals surface area contributed by atoms with Crippen LogP contribution < -0.4 is 0 Å². The van der Waals surface area contributed by atoms with E-state index in [2.05, 4.69) is 23.6 Å². The number of fused-ring (bicyclic) bond motifs is 3. The highest BCUT2D eigenvalue weighted by molar-refractivity contribution is 7.88. The summed E-state index contributed by atoms with van der Waals surface area (Å²) >= 11 is 0. The summed E-state index contributed by atoms with van der Waals surface area (Å²) in [6.07, 6.45) is 2.21. The molecular formula is C21H26N2O3S. The molecule has 1 N–H and O–H groups in total. The van der Waals surface area contributed by atoms with Gasteiger partial charge in [0.1, 0.15) is 0 Å². The third kappa shape index (κ3) is 3.49. The molecule has 5 nitrogen and oxygen atoms in total. The van der Waals surface area contributed by atoms with Crippen LogP contribution in [-0.4, -0.2) is 47.3 Å². The number of aliphatic hydroxyl groups excluding tert-OH is 1. The van der Waals surface area contributed by atoms with Crippen molar-refractivity contribution in [1.82, 2.24) is 8.87 Å². The fourth-order valence-electron chi connectivity index (χ4n) is 4.33. The maximum absolute atomic E-state index is 12.2. The Morgan fingerprint density at radius 2 is 1.59 bits per heavy atom. The third-order valence-electron chi connectivity index (χ3n) is 5.65. The van der Waals surface area contributed by atoms with Crippen molar-refractivity contribution in [3.63, 3.8) is 0 Å². The summed E-state index contributed by atoms with van der Waals surface area (Å²) in [5, 5.41) is 13.1. The van der Waals surface area contributed by atoms with Crippen molar-refractivity contribution in [1.29, 1.82) is 0 Å². The Hall–Kier alpha value is -1.89. The van der Waals surface area contributed by atoms with E-state index < -0.39 is 16.1 Å². The van der Waals surface area contributed by atoms with Crippen LogP contribution in [0.2, 0.25) is 0 Å². The summed E-state index contributed by atoms with van der Waals surface area (Å²) in [6.45, 7) is 2.63. The molecule has 1 unspecified atom stereocenters. The molecule has 1 aliphatic rings. The molecule has 1 aromatic heterocycles. The van der Waals surface area contributed by atoms with E-state index in [9.17, 15) is 13.5 Å². The molecule has 3 aromatic rings. The number of benzene rings is 2. The fourth-order valence-corrected chi connectivity index (χ4v) is 5.48. The van der Waals surface area contributed by atoms with Crippen LogP contribution in [0.15, 0.2) is 48.5 Å². The summed E-state index contributed by atoms with van der Waals surface area (Å²) in [4.78, 5) is 0. The molecule has 1 aliphatic carbocycles. The maximum Gasteiger partial charge on any atom is 0.211 e. The largest absolute Gasteiger partial charge is 0.390 e. The zero-order valence-corrected chi connectivity index (χ0v) is 16.6. The number of hydrogen-bond acceptors (Lipinski definition) is 3. The van der Waals surface area contributed by atoms with E-state index >= 15 is 0 Å². The molecule has 0 radical (unpaired) electrons. The predicted molar refractivity (Wildman–Crippen MR) is 109 cm³/mol. The molecule has 0 bridgehead atoms. The molecule has 27 heavy (non-hydrogen) atoms. The van der Waals surface area contributed by atoms with Gasteiger partial charge >= 0.3 is 0 Å². The zero-order valence-electron chi connectivity index (χ0n) is 15.7. The topological polar surface area (TPSA) is 62.5 Å². The average Bonchev–Trinajstić information content (AvgIpc) is 2.91. The maximum atomic E-state index is 12.2. The third-order valence-corrected chi connectivity index (χ3v) is 6.95. The summed E-state index contributed by atoms with van der Waals surface area (Å²) < 4.78 is 28.1. The van der Waals surface area contributed by atoms with Gasteiger partial charge in [-0.15, -0.1) is 0 Å². The Balaban J connectivity index is 1.63. The summed E-state index contributed by atoms with van der Waals surface area (Å²) in [5.41, 5.74) is 2.11. The Morgan fingerprint density at radius 1 is 1.07 bits per heavy atom. The number of rotatable bonds is 6. The summed E-state index contributed by atoms with van der Waals surface area (Å²) in [6, 6.07) is 16.3. The van der Waals surface area contributed by atoms with Gasteiger partial charge in [0.15, 0.2) is 0 Å². The van der Waals surface area contributed by atoms with E-state index in [0.717, 1.165) is 34.6 Å². The van der Waals surface area contributed by atoms with E-state index in [1.54, 1.807) is 0 Å². The quantitative estimate of drug-likeness (QED) is 0.708. The lowest BCUT2D eigenvalue weighted by molar-refractivity contribution is 0.0842. The minimum Gasteiger partial charge on any atom is -0.390 e. The summed E-state index contributed by atoms with van der Waals surface area (Å²) in [7, 11) is -3.34. The molecule has 0 saturated heterocycles. The number of nitrogens with zero attached hydrogens (tertiary/aromatic N) is 2. The SMILES string of the molecule is CC1CC(N(CC(O)Cn2c3ccccc3c3ccccc32)S(C)(=O)=O)C1. The van der Waals surface area contributed by atoms with E-state index in [1.807, 2.05) is 36.4 Å². The van der Waals surface area contributed by atoms with Crippen molar-refractivity contribution in [2.24, 2.45) is 5.92 Å². The van der Waals surface area contributed by atoms with Gasteiger partial charge in [-0.2, -0.15) is 4.31 Å². The number of sulfonamides is 1. The van der Waals surface area contributed by atoms with Gasteiger partial charge in [0.2, 0.25) is 10.0 Å². The van der Waals surface area contributed by atoms with Gasteiger partial charge in [0.05, 0.1) is 18.9 Å². The number of para-hydroxylation sites is 2. The van der Waals surface area contributed by atoms with Crippen molar-refractivity contribution in [2.75, 3.05) is 12.8 Å². The predicted octanol–water partition coefficient (Wildman–Crippen LogP) is 3.22. The Labute approximate surface area is 160 Å².